The van der Waals surface area contributed by atoms with Crippen LogP contribution in [0.5, 0.6) is 0 Å². The van der Waals surface area contributed by atoms with Gasteiger partial charge in [0.05, 0.1) is 11.3 Å². The van der Waals surface area contributed by atoms with Crippen LogP contribution in [0.2, 0.25) is 0 Å². The lowest BCUT2D eigenvalue weighted by Crippen LogP contribution is -2.31. The first-order valence-electron chi connectivity index (χ1n) is 11.1. The van der Waals surface area contributed by atoms with Crippen LogP contribution < -0.4 is 0 Å². The number of benzene rings is 2. The van der Waals surface area contributed by atoms with Gasteiger partial charge in [-0.15, -0.1) is 0 Å². The molecule has 4 nitrogen and oxygen atoms in total. The zero-order chi connectivity index (χ0) is 23.2. The molecule has 0 amide bonds. The Morgan fingerprint density at radius 1 is 1.09 bits per heavy atom. The molecule has 2 aromatic heterocycles. The molecule has 5 rings (SSSR count). The predicted octanol–water partition coefficient (Wildman–Crippen LogP) is 6.33. The SMILES string of the molecule is CC(C)c1ccc2c(CN3CCc4cnc(-c5ccc(C(F)(F)F)cc5)nc4C3)c[nH]c2c1. The number of hydrogen-bond acceptors (Lipinski definition) is 3. The quantitative estimate of drug-likeness (QED) is 0.395. The fourth-order valence-corrected chi connectivity index (χ4v) is 4.37. The van der Waals surface area contributed by atoms with Gasteiger partial charge in [0.25, 0.3) is 0 Å². The van der Waals surface area contributed by atoms with Crippen LogP contribution in [-0.4, -0.2) is 26.4 Å². The molecule has 0 radical (unpaired) electrons. The molecule has 0 spiro atoms. The van der Waals surface area contributed by atoms with Crippen molar-refractivity contribution in [2.24, 2.45) is 0 Å². The number of aromatic amines is 1. The second kappa shape index (κ2) is 8.30. The van der Waals surface area contributed by atoms with Crippen molar-refractivity contribution in [1.82, 2.24) is 19.9 Å². The van der Waals surface area contributed by atoms with Gasteiger partial charge in [-0.25, -0.2) is 9.97 Å². The van der Waals surface area contributed by atoms with E-state index in [1.165, 1.54) is 28.6 Å². The van der Waals surface area contributed by atoms with Crippen molar-refractivity contribution < 1.29 is 13.2 Å². The average molecular weight is 451 g/mol. The summed E-state index contributed by atoms with van der Waals surface area (Å²) in [6.07, 6.45) is 0.390. The Balaban J connectivity index is 1.35. The van der Waals surface area contributed by atoms with Crippen molar-refractivity contribution in [1.29, 1.82) is 0 Å². The number of halogens is 3. The van der Waals surface area contributed by atoms with E-state index in [9.17, 15) is 13.2 Å². The first-order valence-corrected chi connectivity index (χ1v) is 11.1. The normalized spacial score (nSPS) is 14.7. The molecule has 33 heavy (non-hydrogen) atoms. The van der Waals surface area contributed by atoms with Gasteiger partial charge in [-0.2, -0.15) is 13.2 Å². The molecule has 4 aromatic rings. The Bertz CT molecular complexity index is 1290. The van der Waals surface area contributed by atoms with E-state index in [0.29, 0.717) is 23.9 Å². The van der Waals surface area contributed by atoms with Gasteiger partial charge in [0.1, 0.15) is 0 Å². The molecular weight excluding hydrogens is 425 g/mol. The summed E-state index contributed by atoms with van der Waals surface area (Å²) in [6.45, 7) is 6.78. The van der Waals surface area contributed by atoms with E-state index in [0.717, 1.165) is 48.4 Å². The van der Waals surface area contributed by atoms with Crippen molar-refractivity contribution in [2.75, 3.05) is 6.54 Å². The molecule has 0 fully saturated rings. The molecule has 2 aromatic carbocycles. The van der Waals surface area contributed by atoms with E-state index in [1.54, 1.807) is 0 Å². The van der Waals surface area contributed by atoms with Crippen LogP contribution in [0.25, 0.3) is 22.3 Å². The zero-order valence-corrected chi connectivity index (χ0v) is 18.6. The number of H-pyrrole nitrogens is 1. The van der Waals surface area contributed by atoms with Gasteiger partial charge in [0.15, 0.2) is 5.82 Å². The smallest absolute Gasteiger partial charge is 0.361 e. The van der Waals surface area contributed by atoms with Crippen molar-refractivity contribution >= 4 is 10.9 Å². The third-order valence-corrected chi connectivity index (χ3v) is 6.35. The summed E-state index contributed by atoms with van der Waals surface area (Å²) < 4.78 is 38.6. The minimum Gasteiger partial charge on any atom is -0.361 e. The number of nitrogens with one attached hydrogen (secondary N) is 1. The molecule has 0 unspecified atom stereocenters. The lowest BCUT2D eigenvalue weighted by atomic mass is 10.0. The minimum absolute atomic E-state index is 0.456. The lowest BCUT2D eigenvalue weighted by molar-refractivity contribution is -0.137. The van der Waals surface area contributed by atoms with Gasteiger partial charge in [0.2, 0.25) is 0 Å². The molecule has 0 aliphatic carbocycles. The van der Waals surface area contributed by atoms with E-state index < -0.39 is 11.7 Å². The fourth-order valence-electron chi connectivity index (χ4n) is 4.37. The Morgan fingerprint density at radius 3 is 2.61 bits per heavy atom. The topological polar surface area (TPSA) is 44.8 Å². The summed E-state index contributed by atoms with van der Waals surface area (Å²) in [6, 6.07) is 11.6. The first kappa shape index (κ1) is 21.6. The maximum absolute atomic E-state index is 12.9. The number of fused-ring (bicyclic) bond motifs is 2. The fraction of sp³-hybridized carbons (Fsp3) is 0.308. The summed E-state index contributed by atoms with van der Waals surface area (Å²) in [5, 5.41) is 1.23. The maximum Gasteiger partial charge on any atom is 0.416 e. The third kappa shape index (κ3) is 4.37. The van der Waals surface area contributed by atoms with Gasteiger partial charge in [0, 0.05) is 48.5 Å². The summed E-state index contributed by atoms with van der Waals surface area (Å²) in [5.41, 5.74) is 5.67. The van der Waals surface area contributed by atoms with Gasteiger partial charge >= 0.3 is 6.18 Å². The highest BCUT2D eigenvalue weighted by Crippen LogP contribution is 2.31. The van der Waals surface area contributed by atoms with Crippen LogP contribution in [-0.2, 0) is 25.7 Å². The zero-order valence-electron chi connectivity index (χ0n) is 18.6. The molecule has 0 saturated heterocycles. The van der Waals surface area contributed by atoms with E-state index in [-0.39, 0.29) is 0 Å². The van der Waals surface area contributed by atoms with Crippen LogP contribution in [0.1, 0.15) is 47.7 Å². The van der Waals surface area contributed by atoms with E-state index in [4.69, 9.17) is 4.98 Å². The van der Waals surface area contributed by atoms with E-state index in [2.05, 4.69) is 53.1 Å². The molecule has 0 bridgehead atoms. The Hall–Kier alpha value is -3.19. The summed E-state index contributed by atoms with van der Waals surface area (Å²) in [5.74, 6) is 0.941. The Kier molecular flexibility index (Phi) is 5.44. The number of hydrogen-bond donors (Lipinski definition) is 1. The molecule has 3 heterocycles. The Labute approximate surface area is 190 Å². The van der Waals surface area contributed by atoms with Crippen molar-refractivity contribution in [3.05, 3.63) is 82.8 Å². The molecule has 1 aliphatic heterocycles. The molecule has 170 valence electrons. The first-order chi connectivity index (χ1) is 15.8. The monoisotopic (exact) mass is 450 g/mol. The van der Waals surface area contributed by atoms with Crippen LogP contribution in [0.15, 0.2) is 54.9 Å². The molecule has 0 saturated carbocycles. The lowest BCUT2D eigenvalue weighted by Gasteiger charge is -2.27. The van der Waals surface area contributed by atoms with E-state index >= 15 is 0 Å². The van der Waals surface area contributed by atoms with Gasteiger partial charge < -0.3 is 4.98 Å². The van der Waals surface area contributed by atoms with Crippen molar-refractivity contribution in [3.63, 3.8) is 0 Å². The van der Waals surface area contributed by atoms with Gasteiger partial charge in [-0.05, 0) is 47.2 Å². The van der Waals surface area contributed by atoms with E-state index in [1.807, 2.05) is 6.20 Å². The van der Waals surface area contributed by atoms with Crippen molar-refractivity contribution in [3.8, 4) is 11.4 Å². The molecular formula is C26H25F3N4. The maximum atomic E-state index is 12.9. The number of alkyl halides is 3. The largest absolute Gasteiger partial charge is 0.416 e. The van der Waals surface area contributed by atoms with Crippen molar-refractivity contribution in [2.45, 2.75) is 45.5 Å². The minimum atomic E-state index is -4.35. The second-order valence-corrected chi connectivity index (χ2v) is 8.97. The Morgan fingerprint density at radius 2 is 1.88 bits per heavy atom. The highest BCUT2D eigenvalue weighted by atomic mass is 19.4. The molecule has 7 heteroatoms. The van der Waals surface area contributed by atoms with Crippen LogP contribution in [0, 0.1) is 0 Å². The molecule has 1 N–H and O–H groups in total. The summed E-state index contributed by atoms with van der Waals surface area (Å²) in [7, 11) is 0. The molecule has 0 atom stereocenters. The third-order valence-electron chi connectivity index (χ3n) is 6.35. The van der Waals surface area contributed by atoms with Gasteiger partial charge in [-0.3, -0.25) is 4.90 Å². The molecule has 1 aliphatic rings. The summed E-state index contributed by atoms with van der Waals surface area (Å²) >= 11 is 0. The number of rotatable bonds is 4. The highest BCUT2D eigenvalue weighted by Gasteiger charge is 2.30. The standard InChI is InChI=1S/C26H25F3N4/c1-16(2)18-5-8-22-20(13-30-23(22)11-18)14-33-10-9-19-12-31-25(32-24(19)15-33)17-3-6-21(7-4-17)26(27,28)29/h3-8,11-13,16,30H,9-10,14-15H2,1-2H3. The van der Waals surface area contributed by atoms with Crippen LogP contribution in [0.4, 0.5) is 13.2 Å². The predicted molar refractivity (Wildman–Crippen MR) is 123 cm³/mol. The van der Waals surface area contributed by atoms with Gasteiger partial charge in [-0.1, -0.05) is 38.1 Å². The highest BCUT2D eigenvalue weighted by molar-refractivity contribution is 5.83. The number of nitrogens with zero attached hydrogens (tertiary/aromatic N) is 3. The number of aromatic nitrogens is 3. The van der Waals surface area contributed by atoms with Crippen LogP contribution in [0.3, 0.4) is 0 Å². The summed E-state index contributed by atoms with van der Waals surface area (Å²) in [4.78, 5) is 14.9. The van der Waals surface area contributed by atoms with Crippen LogP contribution >= 0.6 is 0 Å². The second-order valence-electron chi connectivity index (χ2n) is 8.97. The average Bonchev–Trinajstić information content (AvgIpc) is 3.20.